The Morgan fingerprint density at radius 1 is 1.11 bits per heavy atom. The summed E-state index contributed by atoms with van der Waals surface area (Å²) < 4.78 is 29.7. The fraction of sp³-hybridized carbons (Fsp3) is 0.350. The molecule has 0 bridgehead atoms. The third-order valence-corrected chi connectivity index (χ3v) is 5.54. The van der Waals surface area contributed by atoms with Crippen molar-refractivity contribution in [3.63, 3.8) is 0 Å². The van der Waals surface area contributed by atoms with Crippen molar-refractivity contribution in [2.45, 2.75) is 26.3 Å². The summed E-state index contributed by atoms with van der Waals surface area (Å²) >= 11 is 0. The molecule has 0 aromatic heterocycles. The van der Waals surface area contributed by atoms with Crippen molar-refractivity contribution in [1.82, 2.24) is 5.32 Å². The summed E-state index contributed by atoms with van der Waals surface area (Å²) in [6.07, 6.45) is 2.12. The van der Waals surface area contributed by atoms with Crippen molar-refractivity contribution < 1.29 is 17.9 Å². The molecule has 27 heavy (non-hydrogen) atoms. The zero-order chi connectivity index (χ0) is 20.0. The molecule has 0 heterocycles. The number of hydrogen-bond acceptors (Lipinski definition) is 4. The standard InChI is InChI=1S/C20H26N2O4S/c1-5-16-6-8-17(9-7-16)15(2)21-20(23)14-26-19-12-10-18(11-13-19)22(3)27(4,24)25/h6-13,15H,5,14H2,1-4H3,(H,21,23)/t15-/m1/s1. The molecule has 7 heteroatoms. The van der Waals surface area contributed by atoms with Crippen molar-refractivity contribution in [1.29, 1.82) is 0 Å². The van der Waals surface area contributed by atoms with E-state index < -0.39 is 10.0 Å². The van der Waals surface area contributed by atoms with E-state index in [-0.39, 0.29) is 18.6 Å². The molecule has 0 radical (unpaired) electrons. The van der Waals surface area contributed by atoms with Crippen LogP contribution < -0.4 is 14.4 Å². The maximum Gasteiger partial charge on any atom is 0.258 e. The van der Waals surface area contributed by atoms with Gasteiger partial charge in [0.25, 0.3) is 5.91 Å². The van der Waals surface area contributed by atoms with Gasteiger partial charge in [0.05, 0.1) is 18.0 Å². The number of sulfonamides is 1. The summed E-state index contributed by atoms with van der Waals surface area (Å²) in [6.45, 7) is 3.91. The highest BCUT2D eigenvalue weighted by Gasteiger charge is 2.13. The molecule has 0 unspecified atom stereocenters. The first-order valence-electron chi connectivity index (χ1n) is 8.75. The molecule has 2 aromatic rings. The molecule has 0 aliphatic heterocycles. The summed E-state index contributed by atoms with van der Waals surface area (Å²) in [7, 11) is -1.83. The van der Waals surface area contributed by atoms with Gasteiger partial charge in [-0.1, -0.05) is 31.2 Å². The first-order valence-corrected chi connectivity index (χ1v) is 10.6. The molecular formula is C20H26N2O4S. The molecule has 0 fully saturated rings. The van der Waals surface area contributed by atoms with Gasteiger partial charge in [-0.3, -0.25) is 9.10 Å². The molecular weight excluding hydrogens is 364 g/mol. The van der Waals surface area contributed by atoms with Gasteiger partial charge in [0.1, 0.15) is 5.75 Å². The molecule has 2 aromatic carbocycles. The molecule has 0 aliphatic carbocycles. The van der Waals surface area contributed by atoms with Crippen LogP contribution in [0.2, 0.25) is 0 Å². The SMILES string of the molecule is CCc1ccc([C@@H](C)NC(=O)COc2ccc(N(C)S(C)(=O)=O)cc2)cc1. The molecule has 1 N–H and O–H groups in total. The number of anilines is 1. The normalized spacial score (nSPS) is 12.3. The second-order valence-corrected chi connectivity index (χ2v) is 8.41. The lowest BCUT2D eigenvalue weighted by Gasteiger charge is -2.17. The van der Waals surface area contributed by atoms with E-state index in [0.717, 1.165) is 18.2 Å². The zero-order valence-electron chi connectivity index (χ0n) is 16.1. The lowest BCUT2D eigenvalue weighted by Crippen LogP contribution is -2.31. The highest BCUT2D eigenvalue weighted by atomic mass is 32.2. The number of nitrogens with one attached hydrogen (secondary N) is 1. The van der Waals surface area contributed by atoms with Crippen molar-refractivity contribution in [2.24, 2.45) is 0 Å². The Balaban J connectivity index is 1.87. The van der Waals surface area contributed by atoms with E-state index in [4.69, 9.17) is 4.74 Å². The Morgan fingerprint density at radius 2 is 1.70 bits per heavy atom. The molecule has 1 amide bonds. The number of aryl methyl sites for hydroxylation is 1. The number of benzene rings is 2. The molecule has 0 aliphatic rings. The van der Waals surface area contributed by atoms with E-state index in [1.165, 1.54) is 16.9 Å². The summed E-state index contributed by atoms with van der Waals surface area (Å²) in [6, 6.07) is 14.6. The highest BCUT2D eigenvalue weighted by molar-refractivity contribution is 7.92. The molecule has 146 valence electrons. The van der Waals surface area contributed by atoms with E-state index in [2.05, 4.69) is 24.4 Å². The lowest BCUT2D eigenvalue weighted by molar-refractivity contribution is -0.123. The van der Waals surface area contributed by atoms with Crippen molar-refractivity contribution in [3.8, 4) is 5.75 Å². The van der Waals surface area contributed by atoms with Crippen LogP contribution in [0.4, 0.5) is 5.69 Å². The number of nitrogens with zero attached hydrogens (tertiary/aromatic N) is 1. The average Bonchev–Trinajstić information content (AvgIpc) is 2.65. The van der Waals surface area contributed by atoms with Gasteiger partial charge in [-0.25, -0.2) is 8.42 Å². The van der Waals surface area contributed by atoms with E-state index in [0.29, 0.717) is 11.4 Å². The summed E-state index contributed by atoms with van der Waals surface area (Å²) in [4.78, 5) is 12.1. The van der Waals surface area contributed by atoms with Crippen LogP contribution in [0.5, 0.6) is 5.75 Å². The Labute approximate surface area is 161 Å². The molecule has 0 saturated carbocycles. The number of amides is 1. The largest absolute Gasteiger partial charge is 0.484 e. The fourth-order valence-electron chi connectivity index (χ4n) is 2.50. The Morgan fingerprint density at radius 3 is 2.22 bits per heavy atom. The minimum absolute atomic E-state index is 0.112. The molecule has 6 nitrogen and oxygen atoms in total. The van der Waals surface area contributed by atoms with Crippen LogP contribution in [0.1, 0.15) is 31.0 Å². The third-order valence-electron chi connectivity index (χ3n) is 4.33. The minimum Gasteiger partial charge on any atom is -0.484 e. The fourth-order valence-corrected chi connectivity index (χ4v) is 3.01. The van der Waals surface area contributed by atoms with Crippen LogP contribution in [0.15, 0.2) is 48.5 Å². The van der Waals surface area contributed by atoms with Crippen molar-refractivity contribution in [3.05, 3.63) is 59.7 Å². The number of hydrogen-bond donors (Lipinski definition) is 1. The van der Waals surface area contributed by atoms with Crippen LogP contribution in [0.25, 0.3) is 0 Å². The lowest BCUT2D eigenvalue weighted by atomic mass is 10.1. The van der Waals surface area contributed by atoms with Gasteiger partial charge >= 0.3 is 0 Å². The highest BCUT2D eigenvalue weighted by Crippen LogP contribution is 2.20. The van der Waals surface area contributed by atoms with Crippen molar-refractivity contribution in [2.75, 3.05) is 24.2 Å². The predicted octanol–water partition coefficient (Wildman–Crippen LogP) is 2.90. The minimum atomic E-state index is -3.31. The van der Waals surface area contributed by atoms with Crippen LogP contribution >= 0.6 is 0 Å². The average molecular weight is 391 g/mol. The maximum absolute atomic E-state index is 12.1. The molecule has 2 rings (SSSR count). The van der Waals surface area contributed by atoms with Crippen LogP contribution in [0.3, 0.4) is 0 Å². The molecule has 0 spiro atoms. The van der Waals surface area contributed by atoms with E-state index in [9.17, 15) is 13.2 Å². The Hall–Kier alpha value is -2.54. The van der Waals surface area contributed by atoms with E-state index in [1.54, 1.807) is 24.3 Å². The van der Waals surface area contributed by atoms with Gasteiger partial charge in [-0.05, 0) is 48.7 Å². The first-order chi connectivity index (χ1) is 12.7. The number of carbonyl (C=O) groups excluding carboxylic acids is 1. The first kappa shape index (κ1) is 20.8. The second-order valence-electron chi connectivity index (χ2n) is 6.40. The van der Waals surface area contributed by atoms with Gasteiger partial charge in [-0.15, -0.1) is 0 Å². The van der Waals surface area contributed by atoms with Gasteiger partial charge in [0.2, 0.25) is 10.0 Å². The topological polar surface area (TPSA) is 75.7 Å². The van der Waals surface area contributed by atoms with Gasteiger partial charge < -0.3 is 10.1 Å². The number of rotatable bonds is 8. The maximum atomic E-state index is 12.1. The summed E-state index contributed by atoms with van der Waals surface area (Å²) in [5, 5.41) is 2.90. The van der Waals surface area contributed by atoms with Gasteiger partial charge in [-0.2, -0.15) is 0 Å². The predicted molar refractivity (Wildman–Crippen MR) is 108 cm³/mol. The zero-order valence-corrected chi connectivity index (χ0v) is 16.9. The van der Waals surface area contributed by atoms with E-state index >= 15 is 0 Å². The quantitative estimate of drug-likeness (QED) is 0.752. The van der Waals surface area contributed by atoms with Gasteiger partial charge in [0.15, 0.2) is 6.61 Å². The number of carbonyl (C=O) groups is 1. The Kier molecular flexibility index (Phi) is 6.85. The number of ether oxygens (including phenoxy) is 1. The van der Waals surface area contributed by atoms with E-state index in [1.807, 2.05) is 19.1 Å². The Bertz CT molecular complexity index is 862. The smallest absolute Gasteiger partial charge is 0.258 e. The molecule has 0 saturated heterocycles. The van der Waals surface area contributed by atoms with Crippen molar-refractivity contribution >= 4 is 21.6 Å². The monoisotopic (exact) mass is 390 g/mol. The van der Waals surface area contributed by atoms with Crippen LogP contribution in [-0.2, 0) is 21.2 Å². The second kappa shape index (κ2) is 8.90. The summed E-state index contributed by atoms with van der Waals surface area (Å²) in [5.41, 5.74) is 2.82. The summed E-state index contributed by atoms with van der Waals surface area (Å²) in [5.74, 6) is 0.273. The van der Waals surface area contributed by atoms with Gasteiger partial charge in [0, 0.05) is 7.05 Å². The van der Waals surface area contributed by atoms with Crippen LogP contribution in [0, 0.1) is 0 Å². The van der Waals surface area contributed by atoms with Crippen LogP contribution in [-0.4, -0.2) is 34.2 Å². The third kappa shape index (κ3) is 5.99. The molecule has 1 atom stereocenters.